The summed E-state index contributed by atoms with van der Waals surface area (Å²) in [4.78, 5) is 34.8. The number of nitrogens with one attached hydrogen (secondary N) is 2. The molecule has 1 aromatic rings. The highest BCUT2D eigenvalue weighted by molar-refractivity contribution is 7.99. The largest absolute Gasteiger partial charge is 0.354 e. The Hall–Kier alpha value is -1.83. The van der Waals surface area contributed by atoms with Gasteiger partial charge in [-0.15, -0.1) is 0 Å². The normalized spacial score (nSPS) is 18.7. The van der Waals surface area contributed by atoms with Crippen LogP contribution in [0.25, 0.3) is 0 Å². The van der Waals surface area contributed by atoms with Crippen molar-refractivity contribution in [1.29, 1.82) is 0 Å². The molecule has 2 heterocycles. The molecule has 1 aliphatic rings. The molecule has 1 fully saturated rings. The second-order valence-electron chi connectivity index (χ2n) is 4.67. The van der Waals surface area contributed by atoms with E-state index in [1.54, 1.807) is 24.0 Å². The molecule has 0 radical (unpaired) electrons. The number of aryl methyl sites for hydroxylation is 1. The van der Waals surface area contributed by atoms with E-state index in [2.05, 4.69) is 15.7 Å². The van der Waals surface area contributed by atoms with Crippen molar-refractivity contribution in [3.8, 4) is 0 Å². The minimum absolute atomic E-state index is 0.0832. The lowest BCUT2D eigenvalue weighted by atomic mass is 10.3. The van der Waals surface area contributed by atoms with Gasteiger partial charge >= 0.3 is 0 Å². The maximum atomic E-state index is 12.0. The Labute approximate surface area is 126 Å². The number of carbonyl (C=O) groups excluding carboxylic acids is 2. The van der Waals surface area contributed by atoms with E-state index in [1.807, 2.05) is 0 Å². The van der Waals surface area contributed by atoms with Crippen LogP contribution in [-0.4, -0.2) is 45.7 Å². The van der Waals surface area contributed by atoms with Crippen LogP contribution in [0.1, 0.15) is 12.8 Å². The summed E-state index contributed by atoms with van der Waals surface area (Å²) in [6.07, 6.45) is 2.62. The molecule has 2 rings (SSSR count). The van der Waals surface area contributed by atoms with Crippen molar-refractivity contribution < 1.29 is 9.59 Å². The summed E-state index contributed by atoms with van der Waals surface area (Å²) in [5.41, 5.74) is -0.156. The molecule has 1 atom stereocenters. The molecule has 0 aliphatic carbocycles. The minimum atomic E-state index is -0.470. The van der Waals surface area contributed by atoms with Gasteiger partial charge in [0.15, 0.2) is 0 Å². The molecule has 0 saturated carbocycles. The molecule has 7 nitrogen and oxygen atoms in total. The molecule has 1 aliphatic heterocycles. The van der Waals surface area contributed by atoms with Gasteiger partial charge in [0.05, 0.1) is 0 Å². The van der Waals surface area contributed by atoms with Gasteiger partial charge in [-0.05, 0) is 12.5 Å². The van der Waals surface area contributed by atoms with Crippen molar-refractivity contribution in [2.24, 2.45) is 0 Å². The minimum Gasteiger partial charge on any atom is -0.354 e. The second kappa shape index (κ2) is 7.82. The zero-order valence-corrected chi connectivity index (χ0v) is 12.4. The lowest BCUT2D eigenvalue weighted by Gasteiger charge is -2.15. The summed E-state index contributed by atoms with van der Waals surface area (Å²) < 4.78 is 1.36. The molecule has 8 heteroatoms. The van der Waals surface area contributed by atoms with Gasteiger partial charge in [-0.1, -0.05) is 0 Å². The third kappa shape index (κ3) is 4.89. The Balaban J connectivity index is 1.73. The summed E-state index contributed by atoms with van der Waals surface area (Å²) in [6.45, 7) is 0.893. The predicted molar refractivity (Wildman–Crippen MR) is 80.0 cm³/mol. The van der Waals surface area contributed by atoms with Crippen LogP contribution in [0.4, 0.5) is 0 Å². The van der Waals surface area contributed by atoms with E-state index in [9.17, 15) is 14.4 Å². The van der Waals surface area contributed by atoms with Crippen molar-refractivity contribution in [2.75, 3.05) is 18.1 Å². The number of carbonyl (C=O) groups is 2. The fourth-order valence-corrected chi connectivity index (χ4v) is 2.90. The summed E-state index contributed by atoms with van der Waals surface area (Å²) in [5.74, 6) is 1.08. The number of nitrogens with zero attached hydrogens (tertiary/aromatic N) is 2. The van der Waals surface area contributed by atoms with Crippen LogP contribution in [0.3, 0.4) is 0 Å². The standard InChI is InChI=1S/C13H18N4O3S/c18-11-4-8-21-9-10(16-11)13(20)14-5-2-7-17-12(19)3-1-6-15-17/h1,3,6,10H,2,4-5,7-9H2,(H,14,20)(H,16,18). The van der Waals surface area contributed by atoms with E-state index >= 15 is 0 Å². The molecule has 0 spiro atoms. The van der Waals surface area contributed by atoms with Gasteiger partial charge < -0.3 is 10.6 Å². The van der Waals surface area contributed by atoms with E-state index in [-0.39, 0.29) is 17.4 Å². The topological polar surface area (TPSA) is 93.1 Å². The van der Waals surface area contributed by atoms with E-state index in [0.717, 1.165) is 5.75 Å². The summed E-state index contributed by atoms with van der Waals surface area (Å²) in [6, 6.07) is 2.57. The Kier molecular flexibility index (Phi) is 5.79. The predicted octanol–water partition coefficient (Wildman–Crippen LogP) is -0.629. The number of thioether (sulfide) groups is 1. The smallest absolute Gasteiger partial charge is 0.266 e. The van der Waals surface area contributed by atoms with Gasteiger partial charge in [-0.2, -0.15) is 16.9 Å². The highest BCUT2D eigenvalue weighted by atomic mass is 32.2. The summed E-state index contributed by atoms with van der Waals surface area (Å²) in [7, 11) is 0. The van der Waals surface area contributed by atoms with Crippen LogP contribution >= 0.6 is 11.8 Å². The highest BCUT2D eigenvalue weighted by Crippen LogP contribution is 2.09. The number of hydrogen-bond acceptors (Lipinski definition) is 5. The molecular weight excluding hydrogens is 292 g/mol. The second-order valence-corrected chi connectivity index (χ2v) is 5.82. The third-order valence-electron chi connectivity index (χ3n) is 3.04. The number of rotatable bonds is 5. The molecule has 114 valence electrons. The van der Waals surface area contributed by atoms with Crippen LogP contribution in [0.2, 0.25) is 0 Å². The van der Waals surface area contributed by atoms with Crippen molar-refractivity contribution in [2.45, 2.75) is 25.4 Å². The van der Waals surface area contributed by atoms with Gasteiger partial charge in [0.2, 0.25) is 11.8 Å². The first-order chi connectivity index (χ1) is 10.2. The molecular formula is C13H18N4O3S. The number of amides is 2. The van der Waals surface area contributed by atoms with Crippen molar-refractivity contribution in [1.82, 2.24) is 20.4 Å². The molecule has 2 N–H and O–H groups in total. The van der Waals surface area contributed by atoms with Crippen LogP contribution in [-0.2, 0) is 16.1 Å². The first kappa shape index (κ1) is 15.6. The first-order valence-corrected chi connectivity index (χ1v) is 7.99. The van der Waals surface area contributed by atoms with E-state index < -0.39 is 6.04 Å². The molecule has 2 amide bonds. The average Bonchev–Trinajstić information content (AvgIpc) is 2.70. The van der Waals surface area contributed by atoms with Gasteiger partial charge in [0, 0.05) is 43.3 Å². The Morgan fingerprint density at radius 2 is 2.38 bits per heavy atom. The zero-order chi connectivity index (χ0) is 15.1. The fraction of sp³-hybridized carbons (Fsp3) is 0.538. The van der Waals surface area contributed by atoms with Gasteiger partial charge in [0.1, 0.15) is 6.04 Å². The van der Waals surface area contributed by atoms with Crippen LogP contribution in [0.5, 0.6) is 0 Å². The fourth-order valence-electron chi connectivity index (χ4n) is 1.93. The molecule has 1 saturated heterocycles. The Bertz CT molecular complexity index is 560. The van der Waals surface area contributed by atoms with Crippen molar-refractivity contribution >= 4 is 23.6 Å². The Morgan fingerprint density at radius 1 is 1.52 bits per heavy atom. The maximum Gasteiger partial charge on any atom is 0.266 e. The molecule has 0 bridgehead atoms. The first-order valence-electron chi connectivity index (χ1n) is 6.84. The monoisotopic (exact) mass is 310 g/mol. The van der Waals surface area contributed by atoms with Crippen molar-refractivity contribution in [3.63, 3.8) is 0 Å². The van der Waals surface area contributed by atoms with Crippen LogP contribution in [0, 0.1) is 0 Å². The summed E-state index contributed by atoms with van der Waals surface area (Å²) in [5, 5.41) is 9.43. The van der Waals surface area contributed by atoms with Crippen LogP contribution < -0.4 is 16.2 Å². The van der Waals surface area contributed by atoms with Gasteiger partial charge in [-0.25, -0.2) is 4.68 Å². The van der Waals surface area contributed by atoms with E-state index in [4.69, 9.17) is 0 Å². The quantitative estimate of drug-likeness (QED) is 0.707. The molecule has 1 unspecified atom stereocenters. The van der Waals surface area contributed by atoms with E-state index in [0.29, 0.717) is 31.7 Å². The highest BCUT2D eigenvalue weighted by Gasteiger charge is 2.22. The van der Waals surface area contributed by atoms with Crippen LogP contribution in [0.15, 0.2) is 23.1 Å². The van der Waals surface area contributed by atoms with Gasteiger partial charge in [-0.3, -0.25) is 14.4 Å². The van der Waals surface area contributed by atoms with E-state index in [1.165, 1.54) is 10.7 Å². The number of hydrogen-bond donors (Lipinski definition) is 2. The maximum absolute atomic E-state index is 12.0. The average molecular weight is 310 g/mol. The molecule has 1 aromatic heterocycles. The van der Waals surface area contributed by atoms with Crippen molar-refractivity contribution in [3.05, 3.63) is 28.7 Å². The summed E-state index contributed by atoms with van der Waals surface area (Å²) >= 11 is 1.59. The third-order valence-corrected chi connectivity index (χ3v) is 4.10. The SMILES string of the molecule is O=C1CCSCC(C(=O)NCCCn2ncccc2=O)N1. The zero-order valence-electron chi connectivity index (χ0n) is 11.6. The Morgan fingerprint density at radius 3 is 3.19 bits per heavy atom. The number of aromatic nitrogens is 2. The lowest BCUT2D eigenvalue weighted by molar-refractivity contribution is -0.128. The molecule has 21 heavy (non-hydrogen) atoms. The molecule has 0 aromatic carbocycles. The van der Waals surface area contributed by atoms with Gasteiger partial charge in [0.25, 0.3) is 5.56 Å². The lowest BCUT2D eigenvalue weighted by Crippen LogP contribution is -2.47.